The number of methoxy groups -OCH3 is 1. The van der Waals surface area contributed by atoms with Crippen LogP contribution in [-0.4, -0.2) is 27.2 Å². The Bertz CT molecular complexity index is 620. The molecule has 7 nitrogen and oxygen atoms in total. The second kappa shape index (κ2) is 6.31. The molecule has 3 N–H and O–H groups in total. The van der Waals surface area contributed by atoms with Gasteiger partial charge in [0.05, 0.1) is 12.9 Å². The van der Waals surface area contributed by atoms with E-state index in [1.807, 2.05) is 0 Å². The summed E-state index contributed by atoms with van der Waals surface area (Å²) in [7, 11) is -2.29. The molecule has 0 aromatic heterocycles. The van der Waals surface area contributed by atoms with Crippen LogP contribution in [0.1, 0.15) is 26.3 Å². The molecular formula is C13H20N2O5S. The summed E-state index contributed by atoms with van der Waals surface area (Å²) in [6.45, 7) is 5.23. The summed E-state index contributed by atoms with van der Waals surface area (Å²) in [6.07, 6.45) is -0.630. The summed E-state index contributed by atoms with van der Waals surface area (Å²) < 4.78 is 32.6. The van der Waals surface area contributed by atoms with Crippen molar-refractivity contribution in [2.24, 2.45) is 5.14 Å². The highest BCUT2D eigenvalue weighted by atomic mass is 32.2. The Kier molecular flexibility index (Phi) is 5.19. The number of primary sulfonamides is 1. The molecule has 118 valence electrons. The van der Waals surface area contributed by atoms with Gasteiger partial charge in [0.1, 0.15) is 11.4 Å². The zero-order chi connectivity index (χ0) is 16.3. The lowest BCUT2D eigenvalue weighted by atomic mass is 10.2. The zero-order valence-electron chi connectivity index (χ0n) is 12.5. The first-order chi connectivity index (χ1) is 9.50. The first-order valence-electron chi connectivity index (χ1n) is 6.17. The lowest BCUT2D eigenvalue weighted by Gasteiger charge is -2.20. The molecule has 0 bridgehead atoms. The van der Waals surface area contributed by atoms with Crippen LogP contribution in [0.3, 0.4) is 0 Å². The van der Waals surface area contributed by atoms with Crippen LogP contribution in [0.4, 0.5) is 10.5 Å². The quantitative estimate of drug-likeness (QED) is 0.881. The standard InChI is InChI=1S/C13H20N2O5S/c1-13(2,3)20-12(16)15-10-5-6-11(19-4)9(7-10)8-21(14,17)18/h5-7H,8H2,1-4H3,(H,15,16)(H2,14,17,18). The van der Waals surface area contributed by atoms with Crippen molar-refractivity contribution in [3.63, 3.8) is 0 Å². The first kappa shape index (κ1) is 17.3. The van der Waals surface area contributed by atoms with Gasteiger partial charge in [-0.25, -0.2) is 18.4 Å². The van der Waals surface area contributed by atoms with Crippen molar-refractivity contribution in [1.29, 1.82) is 0 Å². The fourth-order valence-corrected chi connectivity index (χ4v) is 2.27. The second-order valence-electron chi connectivity index (χ2n) is 5.46. The van der Waals surface area contributed by atoms with Crippen LogP contribution in [-0.2, 0) is 20.5 Å². The number of benzene rings is 1. The third kappa shape index (κ3) is 6.46. The molecule has 0 aliphatic heterocycles. The number of sulfonamides is 1. The number of carbonyl (C=O) groups excluding carboxylic acids is 1. The second-order valence-corrected chi connectivity index (χ2v) is 7.08. The van der Waals surface area contributed by atoms with Crippen molar-refractivity contribution in [3.05, 3.63) is 23.8 Å². The average molecular weight is 316 g/mol. The van der Waals surface area contributed by atoms with Gasteiger partial charge in [0, 0.05) is 11.3 Å². The fourth-order valence-electron chi connectivity index (χ4n) is 1.61. The van der Waals surface area contributed by atoms with Crippen LogP contribution in [0, 0.1) is 0 Å². The summed E-state index contributed by atoms with van der Waals surface area (Å²) in [4.78, 5) is 11.7. The van der Waals surface area contributed by atoms with Gasteiger partial charge in [-0.15, -0.1) is 0 Å². The Hall–Kier alpha value is -1.80. The lowest BCUT2D eigenvalue weighted by Crippen LogP contribution is -2.27. The monoisotopic (exact) mass is 316 g/mol. The molecule has 1 amide bonds. The van der Waals surface area contributed by atoms with E-state index >= 15 is 0 Å². The number of nitrogens with one attached hydrogen (secondary N) is 1. The molecule has 1 rings (SSSR count). The minimum Gasteiger partial charge on any atom is -0.496 e. The Balaban J connectivity index is 2.95. The summed E-state index contributed by atoms with van der Waals surface area (Å²) in [5, 5.41) is 7.55. The highest BCUT2D eigenvalue weighted by Crippen LogP contribution is 2.24. The Morgan fingerprint density at radius 1 is 1.33 bits per heavy atom. The zero-order valence-corrected chi connectivity index (χ0v) is 13.3. The molecule has 0 fully saturated rings. The number of amides is 1. The molecule has 0 aliphatic rings. The SMILES string of the molecule is COc1ccc(NC(=O)OC(C)(C)C)cc1CS(N)(=O)=O. The molecule has 21 heavy (non-hydrogen) atoms. The molecule has 0 heterocycles. The minimum absolute atomic E-state index is 0.355. The third-order valence-corrected chi connectivity index (χ3v) is 3.00. The molecule has 0 unspecified atom stereocenters. The van der Waals surface area contributed by atoms with Crippen molar-refractivity contribution < 1.29 is 22.7 Å². The minimum atomic E-state index is -3.71. The molecule has 1 aromatic carbocycles. The molecular weight excluding hydrogens is 296 g/mol. The molecule has 0 aliphatic carbocycles. The van der Waals surface area contributed by atoms with E-state index in [0.29, 0.717) is 17.0 Å². The van der Waals surface area contributed by atoms with E-state index in [0.717, 1.165) is 0 Å². The predicted molar refractivity (Wildman–Crippen MR) is 79.7 cm³/mol. The topological polar surface area (TPSA) is 108 Å². The van der Waals surface area contributed by atoms with Crippen molar-refractivity contribution in [1.82, 2.24) is 0 Å². The molecule has 8 heteroatoms. The normalized spacial score (nSPS) is 11.9. The number of carbonyl (C=O) groups is 1. The van der Waals surface area contributed by atoms with Crippen LogP contribution in [0.5, 0.6) is 5.75 Å². The van der Waals surface area contributed by atoms with E-state index < -0.39 is 21.7 Å². The van der Waals surface area contributed by atoms with Crippen molar-refractivity contribution >= 4 is 21.8 Å². The van der Waals surface area contributed by atoms with E-state index in [1.165, 1.54) is 13.2 Å². The van der Waals surface area contributed by atoms with Crippen molar-refractivity contribution in [2.75, 3.05) is 12.4 Å². The van der Waals surface area contributed by atoms with E-state index in [2.05, 4.69) is 5.32 Å². The summed E-state index contributed by atoms with van der Waals surface area (Å²) in [5.41, 5.74) is 0.122. The van der Waals surface area contributed by atoms with E-state index in [4.69, 9.17) is 14.6 Å². The molecule has 0 radical (unpaired) electrons. The van der Waals surface area contributed by atoms with Gasteiger partial charge >= 0.3 is 6.09 Å². The van der Waals surface area contributed by atoms with Gasteiger partial charge in [-0.3, -0.25) is 5.32 Å². The summed E-state index contributed by atoms with van der Waals surface area (Å²) in [6, 6.07) is 4.61. The van der Waals surface area contributed by atoms with Gasteiger partial charge in [0.2, 0.25) is 10.0 Å². The average Bonchev–Trinajstić information content (AvgIpc) is 2.24. The maximum absolute atomic E-state index is 11.7. The van der Waals surface area contributed by atoms with Gasteiger partial charge in [0.25, 0.3) is 0 Å². The number of hydrogen-bond acceptors (Lipinski definition) is 5. The number of hydrogen-bond donors (Lipinski definition) is 2. The smallest absolute Gasteiger partial charge is 0.412 e. The first-order valence-corrected chi connectivity index (χ1v) is 7.89. The Morgan fingerprint density at radius 3 is 2.43 bits per heavy atom. The van der Waals surface area contributed by atoms with Gasteiger partial charge in [-0.2, -0.15) is 0 Å². The molecule has 0 atom stereocenters. The van der Waals surface area contributed by atoms with Gasteiger partial charge < -0.3 is 9.47 Å². The van der Waals surface area contributed by atoms with Crippen LogP contribution in [0.15, 0.2) is 18.2 Å². The molecule has 0 spiro atoms. The number of ether oxygens (including phenoxy) is 2. The lowest BCUT2D eigenvalue weighted by molar-refractivity contribution is 0.0636. The largest absolute Gasteiger partial charge is 0.496 e. The van der Waals surface area contributed by atoms with Crippen molar-refractivity contribution in [3.8, 4) is 5.75 Å². The molecule has 0 saturated heterocycles. The Labute approximate surface area is 124 Å². The van der Waals surface area contributed by atoms with E-state index in [-0.39, 0.29) is 5.75 Å². The van der Waals surface area contributed by atoms with E-state index in [9.17, 15) is 13.2 Å². The number of rotatable bonds is 4. The van der Waals surface area contributed by atoms with Crippen molar-refractivity contribution in [2.45, 2.75) is 32.1 Å². The highest BCUT2D eigenvalue weighted by Gasteiger charge is 2.17. The third-order valence-electron chi connectivity index (χ3n) is 2.28. The van der Waals surface area contributed by atoms with Crippen LogP contribution in [0.25, 0.3) is 0 Å². The van der Waals surface area contributed by atoms with Gasteiger partial charge in [0.15, 0.2) is 0 Å². The Morgan fingerprint density at radius 2 is 1.95 bits per heavy atom. The summed E-state index contributed by atoms with van der Waals surface area (Å²) in [5.74, 6) is -0.0150. The summed E-state index contributed by atoms with van der Waals surface area (Å²) >= 11 is 0. The highest BCUT2D eigenvalue weighted by molar-refractivity contribution is 7.88. The molecule has 1 aromatic rings. The molecule has 0 saturated carbocycles. The van der Waals surface area contributed by atoms with Gasteiger partial charge in [-0.1, -0.05) is 0 Å². The number of anilines is 1. The fraction of sp³-hybridized carbons (Fsp3) is 0.462. The van der Waals surface area contributed by atoms with E-state index in [1.54, 1.807) is 32.9 Å². The predicted octanol–water partition coefficient (Wildman–Crippen LogP) is 1.83. The van der Waals surface area contributed by atoms with Crippen LogP contribution >= 0.6 is 0 Å². The van der Waals surface area contributed by atoms with Crippen LogP contribution in [0.2, 0.25) is 0 Å². The maximum atomic E-state index is 11.7. The van der Waals surface area contributed by atoms with Gasteiger partial charge in [-0.05, 0) is 39.0 Å². The van der Waals surface area contributed by atoms with Crippen LogP contribution < -0.4 is 15.2 Å². The maximum Gasteiger partial charge on any atom is 0.412 e. The number of nitrogens with two attached hydrogens (primary N) is 1.